The third-order valence-corrected chi connectivity index (χ3v) is 5.00. The van der Waals surface area contributed by atoms with E-state index < -0.39 is 5.97 Å². The molecule has 2 nitrogen and oxygen atoms in total. The molecule has 1 N–H and O–H groups in total. The topological polar surface area (TPSA) is 37.3 Å². The van der Waals surface area contributed by atoms with Gasteiger partial charge in [0.1, 0.15) is 0 Å². The van der Waals surface area contributed by atoms with Crippen molar-refractivity contribution < 1.29 is 9.90 Å². The molecule has 0 amide bonds. The first-order valence-corrected chi connectivity index (χ1v) is 9.76. The number of hydrogen-bond donors (Lipinski definition) is 1. The normalized spacial score (nSPS) is 11.6. The van der Waals surface area contributed by atoms with Crippen LogP contribution in [0.25, 0.3) is 0 Å². The molecular weight excluding hydrogens is 304 g/mol. The van der Waals surface area contributed by atoms with Crippen LogP contribution >= 0.6 is 11.8 Å². The lowest BCUT2D eigenvalue weighted by molar-refractivity contribution is -0.132. The van der Waals surface area contributed by atoms with E-state index in [1.165, 1.54) is 55.6 Å². The molecule has 0 saturated heterocycles. The second-order valence-corrected chi connectivity index (χ2v) is 7.14. The molecule has 1 aromatic rings. The molecule has 0 aliphatic heterocycles. The molecule has 1 rings (SSSR count). The maximum absolute atomic E-state index is 10.6. The van der Waals surface area contributed by atoms with Crippen LogP contribution in [0.4, 0.5) is 0 Å². The number of rotatable bonds is 13. The first kappa shape index (κ1) is 19.8. The molecule has 0 unspecified atom stereocenters. The second kappa shape index (κ2) is 13.2. The zero-order valence-corrected chi connectivity index (χ0v) is 15.1. The van der Waals surface area contributed by atoms with E-state index in [2.05, 4.69) is 30.3 Å². The van der Waals surface area contributed by atoms with Crippen LogP contribution in [-0.4, -0.2) is 16.8 Å². The summed E-state index contributed by atoms with van der Waals surface area (Å²) < 4.78 is 0. The van der Waals surface area contributed by atoms with Crippen LogP contribution in [0.5, 0.6) is 0 Å². The van der Waals surface area contributed by atoms with Crippen LogP contribution in [0, 0.1) is 0 Å². The van der Waals surface area contributed by atoms with Gasteiger partial charge in [-0.15, -0.1) is 11.8 Å². The van der Waals surface area contributed by atoms with E-state index in [1.807, 2.05) is 17.8 Å². The molecule has 3 heteroatoms. The van der Waals surface area contributed by atoms with Gasteiger partial charge in [0.2, 0.25) is 0 Å². The van der Waals surface area contributed by atoms with E-state index in [-0.39, 0.29) is 0 Å². The molecular formula is C20H30O2S. The van der Waals surface area contributed by atoms with Crippen LogP contribution < -0.4 is 0 Å². The Labute approximate surface area is 145 Å². The number of aliphatic carboxylic acids is 1. The predicted molar refractivity (Wildman–Crippen MR) is 100 cm³/mol. The fourth-order valence-electron chi connectivity index (χ4n) is 2.42. The van der Waals surface area contributed by atoms with E-state index in [9.17, 15) is 4.79 Å². The quantitative estimate of drug-likeness (QED) is 0.260. The molecule has 0 radical (unpaired) electrons. The number of benzene rings is 1. The standard InChI is InChI=1S/C20H30O2S/c1-18(20(21)22)14-10-7-5-3-2-4-6-8-13-17-23-19-15-11-9-12-16-19/h9,11-12,14-16H,2-8,10,13,17H2,1H3,(H,21,22). The Morgan fingerprint density at radius 2 is 1.52 bits per heavy atom. The lowest BCUT2D eigenvalue weighted by atomic mass is 10.1. The molecule has 128 valence electrons. The first-order chi connectivity index (χ1) is 11.2. The zero-order chi connectivity index (χ0) is 16.8. The highest BCUT2D eigenvalue weighted by molar-refractivity contribution is 7.99. The molecule has 1 aromatic carbocycles. The summed E-state index contributed by atoms with van der Waals surface area (Å²) in [6, 6.07) is 10.6. The summed E-state index contributed by atoms with van der Waals surface area (Å²) in [5.41, 5.74) is 0.471. The van der Waals surface area contributed by atoms with E-state index in [4.69, 9.17) is 5.11 Å². The number of unbranched alkanes of at least 4 members (excludes halogenated alkanes) is 8. The van der Waals surface area contributed by atoms with E-state index >= 15 is 0 Å². The van der Waals surface area contributed by atoms with Crippen LogP contribution in [0.3, 0.4) is 0 Å². The lowest BCUT2D eigenvalue weighted by Crippen LogP contribution is -1.95. The number of carboxylic acid groups (broad SMARTS) is 1. The van der Waals surface area contributed by atoms with E-state index in [0.29, 0.717) is 5.57 Å². The van der Waals surface area contributed by atoms with Gasteiger partial charge in [0.25, 0.3) is 0 Å². The van der Waals surface area contributed by atoms with Crippen LogP contribution in [0.15, 0.2) is 46.9 Å². The van der Waals surface area contributed by atoms with Gasteiger partial charge in [0, 0.05) is 10.5 Å². The van der Waals surface area contributed by atoms with Crippen molar-refractivity contribution in [3.8, 4) is 0 Å². The van der Waals surface area contributed by atoms with Gasteiger partial charge >= 0.3 is 5.97 Å². The van der Waals surface area contributed by atoms with Gasteiger partial charge in [-0.3, -0.25) is 0 Å². The Morgan fingerprint density at radius 3 is 2.13 bits per heavy atom. The monoisotopic (exact) mass is 334 g/mol. The van der Waals surface area contributed by atoms with Gasteiger partial charge in [-0.05, 0) is 44.1 Å². The molecule has 23 heavy (non-hydrogen) atoms. The maximum Gasteiger partial charge on any atom is 0.330 e. The van der Waals surface area contributed by atoms with Crippen molar-refractivity contribution in [3.05, 3.63) is 42.0 Å². The average Bonchev–Trinajstić information content (AvgIpc) is 2.56. The second-order valence-electron chi connectivity index (χ2n) is 5.97. The van der Waals surface area contributed by atoms with Gasteiger partial charge in [-0.2, -0.15) is 0 Å². The summed E-state index contributed by atoms with van der Waals surface area (Å²) in [5, 5.41) is 8.74. The highest BCUT2D eigenvalue weighted by Gasteiger charge is 1.98. The van der Waals surface area contributed by atoms with Crippen molar-refractivity contribution in [1.82, 2.24) is 0 Å². The smallest absolute Gasteiger partial charge is 0.330 e. The molecule has 0 aliphatic carbocycles. The first-order valence-electron chi connectivity index (χ1n) is 8.78. The van der Waals surface area contributed by atoms with Crippen molar-refractivity contribution in [3.63, 3.8) is 0 Å². The summed E-state index contributed by atoms with van der Waals surface area (Å²) in [5.74, 6) is 0.426. The van der Waals surface area contributed by atoms with Gasteiger partial charge in [0.15, 0.2) is 0 Å². The number of allylic oxidation sites excluding steroid dienone is 1. The SMILES string of the molecule is CC(=CCCCCCCCCCCSc1ccccc1)C(=O)O. The maximum atomic E-state index is 10.6. The minimum Gasteiger partial charge on any atom is -0.478 e. The van der Waals surface area contributed by atoms with Gasteiger partial charge in [-0.25, -0.2) is 4.79 Å². The lowest BCUT2D eigenvalue weighted by Gasteiger charge is -2.03. The molecule has 0 atom stereocenters. The van der Waals surface area contributed by atoms with Crippen LogP contribution in [0.1, 0.15) is 64.7 Å². The Hall–Kier alpha value is -1.22. The van der Waals surface area contributed by atoms with Crippen molar-refractivity contribution in [2.45, 2.75) is 69.6 Å². The molecule has 0 saturated carbocycles. The van der Waals surface area contributed by atoms with E-state index in [0.717, 1.165) is 12.8 Å². The summed E-state index contributed by atoms with van der Waals surface area (Å²) >= 11 is 1.95. The third-order valence-electron chi connectivity index (χ3n) is 3.90. The largest absolute Gasteiger partial charge is 0.478 e. The average molecular weight is 335 g/mol. The highest BCUT2D eigenvalue weighted by atomic mass is 32.2. The van der Waals surface area contributed by atoms with Gasteiger partial charge < -0.3 is 5.11 Å². The Bertz CT molecular complexity index is 454. The fourth-order valence-corrected chi connectivity index (χ4v) is 3.35. The van der Waals surface area contributed by atoms with Crippen molar-refractivity contribution in [2.75, 3.05) is 5.75 Å². The third kappa shape index (κ3) is 11.0. The number of hydrogen-bond acceptors (Lipinski definition) is 2. The number of carbonyl (C=O) groups is 1. The number of thioether (sulfide) groups is 1. The molecule has 0 heterocycles. The Morgan fingerprint density at radius 1 is 0.957 bits per heavy atom. The highest BCUT2D eigenvalue weighted by Crippen LogP contribution is 2.19. The molecule has 0 aliphatic rings. The van der Waals surface area contributed by atoms with Crippen LogP contribution in [-0.2, 0) is 4.79 Å². The summed E-state index contributed by atoms with van der Waals surface area (Å²) in [7, 11) is 0. The Kier molecular flexibility index (Phi) is 11.4. The van der Waals surface area contributed by atoms with Crippen molar-refractivity contribution in [1.29, 1.82) is 0 Å². The minimum absolute atomic E-state index is 0.471. The zero-order valence-electron chi connectivity index (χ0n) is 14.3. The Balaban J connectivity index is 1.83. The molecule has 0 aromatic heterocycles. The van der Waals surface area contributed by atoms with E-state index in [1.54, 1.807) is 6.92 Å². The van der Waals surface area contributed by atoms with Crippen molar-refractivity contribution in [2.24, 2.45) is 0 Å². The molecule has 0 fully saturated rings. The van der Waals surface area contributed by atoms with Gasteiger partial charge in [0.05, 0.1) is 0 Å². The van der Waals surface area contributed by atoms with Crippen LogP contribution in [0.2, 0.25) is 0 Å². The molecule has 0 spiro atoms. The van der Waals surface area contributed by atoms with Crippen molar-refractivity contribution >= 4 is 17.7 Å². The molecule has 0 bridgehead atoms. The summed E-state index contributed by atoms with van der Waals surface area (Å²) in [6.45, 7) is 1.67. The number of carboxylic acids is 1. The fraction of sp³-hybridized carbons (Fsp3) is 0.550. The minimum atomic E-state index is -0.796. The summed E-state index contributed by atoms with van der Waals surface area (Å²) in [6.07, 6.45) is 13.0. The summed E-state index contributed by atoms with van der Waals surface area (Å²) in [4.78, 5) is 12.0. The predicted octanol–water partition coefficient (Wildman–Crippen LogP) is 6.32. The van der Waals surface area contributed by atoms with Gasteiger partial charge in [-0.1, -0.05) is 62.8 Å².